The largest absolute Gasteiger partial charge is 0.493 e. The maximum Gasteiger partial charge on any atom is 0.127 e. The van der Waals surface area contributed by atoms with Gasteiger partial charge in [0, 0.05) is 12.0 Å². The molecule has 0 aromatic heterocycles. The van der Waals surface area contributed by atoms with Gasteiger partial charge in [0.05, 0.1) is 12.3 Å². The molecule has 0 unspecified atom stereocenters. The molecule has 0 saturated carbocycles. The van der Waals surface area contributed by atoms with Crippen molar-refractivity contribution in [1.29, 1.82) is 0 Å². The van der Waals surface area contributed by atoms with E-state index in [1.54, 1.807) is 12.2 Å². The minimum atomic E-state index is 0.526. The summed E-state index contributed by atoms with van der Waals surface area (Å²) < 4.78 is 5.26. The monoisotopic (exact) mass is 165 g/mol. The molecule has 0 amide bonds. The van der Waals surface area contributed by atoms with Gasteiger partial charge in [-0.25, -0.2) is 0 Å². The maximum absolute atomic E-state index is 8.62. The molecule has 3 nitrogen and oxygen atoms in total. The molecule has 0 aliphatic carbocycles. The van der Waals surface area contributed by atoms with E-state index in [-0.39, 0.29) is 0 Å². The number of hydrogen-bond acceptors (Lipinski definition) is 3. The first kappa shape index (κ1) is 8.59. The maximum atomic E-state index is 8.62. The molecular formula is C9H11NO2. The van der Waals surface area contributed by atoms with Gasteiger partial charge >= 0.3 is 0 Å². The topological polar surface area (TPSA) is 41.8 Å². The van der Waals surface area contributed by atoms with Gasteiger partial charge in [-0.2, -0.15) is 0 Å². The summed E-state index contributed by atoms with van der Waals surface area (Å²) >= 11 is 0. The van der Waals surface area contributed by atoms with Gasteiger partial charge in [-0.1, -0.05) is 24.4 Å². The molecule has 1 heterocycles. The second-order valence-corrected chi connectivity index (χ2v) is 2.33. The Morgan fingerprint density at radius 3 is 2.67 bits per heavy atom. The molecule has 0 radical (unpaired) electrons. The molecule has 1 aliphatic heterocycles. The van der Waals surface area contributed by atoms with Crippen LogP contribution in [0.25, 0.3) is 0 Å². The third-order valence-corrected chi connectivity index (χ3v) is 1.68. The van der Waals surface area contributed by atoms with E-state index in [0.29, 0.717) is 24.5 Å². The Balaban J connectivity index is 3.10. The smallest absolute Gasteiger partial charge is 0.127 e. The van der Waals surface area contributed by atoms with Crippen molar-refractivity contribution >= 4 is 5.71 Å². The second-order valence-electron chi connectivity index (χ2n) is 2.33. The quantitative estimate of drug-likeness (QED) is 0.501. The second kappa shape index (κ2) is 3.76. The summed E-state index contributed by atoms with van der Waals surface area (Å²) in [6.45, 7) is 7.71. The molecule has 1 rings (SSSR count). The van der Waals surface area contributed by atoms with Crippen LogP contribution in [-0.4, -0.2) is 17.5 Å². The van der Waals surface area contributed by atoms with Crippen LogP contribution in [0.3, 0.4) is 0 Å². The fourth-order valence-corrected chi connectivity index (χ4v) is 1.10. The molecule has 3 heteroatoms. The van der Waals surface area contributed by atoms with Gasteiger partial charge in [-0.3, -0.25) is 0 Å². The Morgan fingerprint density at radius 2 is 2.17 bits per heavy atom. The molecule has 0 atom stereocenters. The van der Waals surface area contributed by atoms with Gasteiger partial charge in [-0.15, -0.1) is 0 Å². The van der Waals surface area contributed by atoms with E-state index in [2.05, 4.69) is 18.3 Å². The molecule has 0 saturated heterocycles. The Hall–Kier alpha value is -1.51. The van der Waals surface area contributed by atoms with E-state index in [1.807, 2.05) is 0 Å². The minimum Gasteiger partial charge on any atom is -0.493 e. The normalized spacial score (nSPS) is 20.5. The third kappa shape index (κ3) is 1.39. The van der Waals surface area contributed by atoms with E-state index >= 15 is 0 Å². The average Bonchev–Trinajstić information content (AvgIpc) is 2.16. The van der Waals surface area contributed by atoms with Crippen molar-refractivity contribution in [2.75, 3.05) is 6.61 Å². The van der Waals surface area contributed by atoms with Crippen LogP contribution in [0, 0.1) is 0 Å². The van der Waals surface area contributed by atoms with Crippen LogP contribution in [0.1, 0.15) is 6.42 Å². The molecule has 0 bridgehead atoms. The summed E-state index contributed by atoms with van der Waals surface area (Å²) in [5.41, 5.74) is 1.32. The standard InChI is InChI=1S/C9H11NO2/c1-3-7-8(10-11)5-6-12-9(7)4-2/h3-4,11H,1-2,5-6H2. The summed E-state index contributed by atoms with van der Waals surface area (Å²) in [6.07, 6.45) is 3.79. The molecule has 1 N–H and O–H groups in total. The number of nitrogens with zero attached hydrogens (tertiary/aromatic N) is 1. The van der Waals surface area contributed by atoms with Gasteiger partial charge in [0.15, 0.2) is 0 Å². The van der Waals surface area contributed by atoms with E-state index in [0.717, 1.165) is 5.57 Å². The number of oxime groups is 1. The highest BCUT2D eigenvalue weighted by molar-refractivity contribution is 6.03. The van der Waals surface area contributed by atoms with Crippen LogP contribution in [0.15, 0.2) is 41.8 Å². The van der Waals surface area contributed by atoms with Crippen LogP contribution >= 0.6 is 0 Å². The summed E-state index contributed by atoms with van der Waals surface area (Å²) in [5, 5.41) is 11.8. The molecule has 12 heavy (non-hydrogen) atoms. The molecule has 64 valence electrons. The first-order valence-electron chi connectivity index (χ1n) is 3.66. The zero-order chi connectivity index (χ0) is 8.97. The summed E-state index contributed by atoms with van der Waals surface area (Å²) in [4.78, 5) is 0. The number of hydrogen-bond donors (Lipinski definition) is 1. The van der Waals surface area contributed by atoms with Crippen molar-refractivity contribution in [2.24, 2.45) is 5.16 Å². The van der Waals surface area contributed by atoms with Gasteiger partial charge in [-0.05, 0) is 6.08 Å². The number of allylic oxidation sites excluding steroid dienone is 3. The molecule has 0 aromatic carbocycles. The predicted molar refractivity (Wildman–Crippen MR) is 47.2 cm³/mol. The first-order chi connectivity index (χ1) is 5.83. The molecule has 1 aliphatic rings. The lowest BCUT2D eigenvalue weighted by Gasteiger charge is -2.17. The molecule has 0 spiro atoms. The van der Waals surface area contributed by atoms with E-state index < -0.39 is 0 Å². The first-order valence-corrected chi connectivity index (χ1v) is 3.66. The predicted octanol–water partition coefficient (Wildman–Crippen LogP) is 1.86. The third-order valence-electron chi connectivity index (χ3n) is 1.68. The number of ether oxygens (including phenoxy) is 1. The van der Waals surface area contributed by atoms with E-state index in [1.165, 1.54) is 0 Å². The summed E-state index contributed by atoms with van der Waals surface area (Å²) in [7, 11) is 0. The lowest BCUT2D eigenvalue weighted by atomic mass is 10.0. The van der Waals surface area contributed by atoms with Gasteiger partial charge in [0.25, 0.3) is 0 Å². The number of rotatable bonds is 2. The Kier molecular flexibility index (Phi) is 2.69. The highest BCUT2D eigenvalue weighted by Gasteiger charge is 2.15. The highest BCUT2D eigenvalue weighted by atomic mass is 16.5. The zero-order valence-electron chi connectivity index (χ0n) is 6.79. The van der Waals surface area contributed by atoms with Crippen molar-refractivity contribution in [1.82, 2.24) is 0 Å². The van der Waals surface area contributed by atoms with E-state index in [4.69, 9.17) is 9.94 Å². The van der Waals surface area contributed by atoms with E-state index in [9.17, 15) is 0 Å². The lowest BCUT2D eigenvalue weighted by molar-refractivity contribution is 0.222. The van der Waals surface area contributed by atoms with Gasteiger partial charge in [0.2, 0.25) is 0 Å². The van der Waals surface area contributed by atoms with Crippen LogP contribution in [0.5, 0.6) is 0 Å². The Morgan fingerprint density at radius 1 is 1.42 bits per heavy atom. The minimum absolute atomic E-state index is 0.526. The lowest BCUT2D eigenvalue weighted by Crippen LogP contribution is -2.15. The molecule has 0 fully saturated rings. The van der Waals surface area contributed by atoms with Gasteiger partial charge < -0.3 is 9.94 Å². The van der Waals surface area contributed by atoms with Crippen molar-refractivity contribution in [3.8, 4) is 0 Å². The van der Waals surface area contributed by atoms with Crippen molar-refractivity contribution in [2.45, 2.75) is 6.42 Å². The summed E-state index contributed by atoms with van der Waals surface area (Å²) in [6, 6.07) is 0. The van der Waals surface area contributed by atoms with Crippen molar-refractivity contribution in [3.05, 3.63) is 36.6 Å². The Labute approximate surface area is 71.3 Å². The Bertz CT molecular complexity index is 264. The van der Waals surface area contributed by atoms with Crippen LogP contribution in [-0.2, 0) is 4.74 Å². The van der Waals surface area contributed by atoms with Gasteiger partial charge in [0.1, 0.15) is 5.76 Å². The zero-order valence-corrected chi connectivity index (χ0v) is 6.79. The molecule has 0 aromatic rings. The highest BCUT2D eigenvalue weighted by Crippen LogP contribution is 2.18. The average molecular weight is 165 g/mol. The molecular weight excluding hydrogens is 154 g/mol. The summed E-state index contributed by atoms with van der Waals surface area (Å²) in [5.74, 6) is 0.629. The van der Waals surface area contributed by atoms with Crippen LogP contribution < -0.4 is 0 Å². The SMILES string of the molecule is C=CC1=C(C=C)C(=NO)CCO1. The van der Waals surface area contributed by atoms with Crippen LogP contribution in [0.2, 0.25) is 0 Å². The van der Waals surface area contributed by atoms with Crippen molar-refractivity contribution in [3.63, 3.8) is 0 Å². The fourth-order valence-electron chi connectivity index (χ4n) is 1.10. The fraction of sp³-hybridized carbons (Fsp3) is 0.222. The van der Waals surface area contributed by atoms with Crippen LogP contribution in [0.4, 0.5) is 0 Å². The van der Waals surface area contributed by atoms with Crippen molar-refractivity contribution < 1.29 is 9.94 Å².